The summed E-state index contributed by atoms with van der Waals surface area (Å²) < 4.78 is 11.4. The molecule has 0 saturated heterocycles. The summed E-state index contributed by atoms with van der Waals surface area (Å²) in [6, 6.07) is 8.26. The highest BCUT2D eigenvalue weighted by atomic mass is 32.1. The Morgan fingerprint density at radius 3 is 2.54 bits per heavy atom. The number of methoxy groups -OCH3 is 1. The van der Waals surface area contributed by atoms with E-state index >= 15 is 0 Å². The highest BCUT2D eigenvalue weighted by Gasteiger charge is 2.14. The normalized spacial score (nSPS) is 11.6. The van der Waals surface area contributed by atoms with Crippen LogP contribution in [0.25, 0.3) is 6.08 Å². The number of nitrogens with one attached hydrogen (secondary N) is 1. The predicted molar refractivity (Wildman–Crippen MR) is 117 cm³/mol. The Morgan fingerprint density at radius 2 is 1.93 bits per heavy atom. The fourth-order valence-corrected chi connectivity index (χ4v) is 3.60. The van der Waals surface area contributed by atoms with Crippen LogP contribution < -0.4 is 14.8 Å². The molecular weight excluding hydrogens is 372 g/mol. The molecule has 0 spiro atoms. The van der Waals surface area contributed by atoms with Gasteiger partial charge in [-0.25, -0.2) is 0 Å². The Morgan fingerprint density at radius 1 is 1.18 bits per heavy atom. The molecule has 0 aliphatic heterocycles. The summed E-state index contributed by atoms with van der Waals surface area (Å²) in [6.07, 6.45) is 3.31. The predicted octanol–water partition coefficient (Wildman–Crippen LogP) is 4.91. The molecular formula is C22H30N2O3S. The third kappa shape index (κ3) is 6.69. The number of hydrogen-bond acceptors (Lipinski definition) is 5. The van der Waals surface area contributed by atoms with E-state index in [9.17, 15) is 4.79 Å². The van der Waals surface area contributed by atoms with Crippen molar-refractivity contribution in [3.05, 3.63) is 46.7 Å². The molecule has 1 heterocycles. The Labute approximate surface area is 172 Å². The number of carbonyl (C=O) groups is 1. The van der Waals surface area contributed by atoms with Gasteiger partial charge < -0.3 is 14.8 Å². The highest BCUT2D eigenvalue weighted by Crippen LogP contribution is 2.30. The Bertz CT molecular complexity index is 762. The summed E-state index contributed by atoms with van der Waals surface area (Å²) in [5, 5.41) is 6.83. The SMILES string of the molecule is COc1ccc(NC(=O)C=Cc2ccsc2)cc1OCCN(C(C)C)C(C)C. The largest absolute Gasteiger partial charge is 0.493 e. The Balaban J connectivity index is 1.99. The average Bonchev–Trinajstić information content (AvgIpc) is 3.16. The third-order valence-corrected chi connectivity index (χ3v) is 5.04. The molecule has 0 saturated carbocycles. The van der Waals surface area contributed by atoms with Gasteiger partial charge in [0.25, 0.3) is 0 Å². The van der Waals surface area contributed by atoms with E-state index in [0.29, 0.717) is 35.9 Å². The Kier molecular flexibility index (Phi) is 8.54. The quantitative estimate of drug-likeness (QED) is 0.574. The molecule has 1 aromatic carbocycles. The molecule has 0 aliphatic carbocycles. The monoisotopic (exact) mass is 402 g/mol. The topological polar surface area (TPSA) is 50.8 Å². The number of nitrogens with zero attached hydrogens (tertiary/aromatic N) is 1. The number of thiophene rings is 1. The molecule has 1 aromatic heterocycles. The van der Waals surface area contributed by atoms with Crippen LogP contribution in [0.4, 0.5) is 5.69 Å². The molecule has 2 rings (SSSR count). The van der Waals surface area contributed by atoms with Crippen molar-refractivity contribution in [2.75, 3.05) is 25.6 Å². The molecule has 5 nitrogen and oxygen atoms in total. The van der Waals surface area contributed by atoms with E-state index in [0.717, 1.165) is 12.1 Å². The van der Waals surface area contributed by atoms with Crippen molar-refractivity contribution in [1.82, 2.24) is 4.90 Å². The number of anilines is 1. The first kappa shape index (κ1) is 22.0. The lowest BCUT2D eigenvalue weighted by molar-refractivity contribution is -0.111. The number of ether oxygens (including phenoxy) is 2. The van der Waals surface area contributed by atoms with Gasteiger partial charge in [-0.2, -0.15) is 11.3 Å². The van der Waals surface area contributed by atoms with Gasteiger partial charge in [-0.3, -0.25) is 9.69 Å². The Hall–Kier alpha value is -2.31. The van der Waals surface area contributed by atoms with E-state index in [2.05, 4.69) is 37.9 Å². The summed E-state index contributed by atoms with van der Waals surface area (Å²) in [4.78, 5) is 14.5. The summed E-state index contributed by atoms with van der Waals surface area (Å²) in [6.45, 7) is 10.1. The molecule has 28 heavy (non-hydrogen) atoms. The minimum Gasteiger partial charge on any atom is -0.493 e. The zero-order chi connectivity index (χ0) is 20.5. The summed E-state index contributed by atoms with van der Waals surface area (Å²) in [5.41, 5.74) is 1.68. The minimum atomic E-state index is -0.187. The first-order valence-corrected chi connectivity index (χ1v) is 10.4. The fourth-order valence-electron chi connectivity index (χ4n) is 2.97. The molecule has 2 aromatic rings. The maximum Gasteiger partial charge on any atom is 0.248 e. The van der Waals surface area contributed by atoms with Gasteiger partial charge in [0.05, 0.1) is 7.11 Å². The van der Waals surface area contributed by atoms with E-state index in [1.54, 1.807) is 42.7 Å². The maximum absolute atomic E-state index is 12.2. The van der Waals surface area contributed by atoms with E-state index < -0.39 is 0 Å². The average molecular weight is 403 g/mol. The van der Waals surface area contributed by atoms with Crippen LogP contribution in [0.1, 0.15) is 33.3 Å². The van der Waals surface area contributed by atoms with Crippen LogP contribution in [0.5, 0.6) is 11.5 Å². The summed E-state index contributed by atoms with van der Waals surface area (Å²) in [5.74, 6) is 1.08. The third-order valence-electron chi connectivity index (χ3n) is 4.34. The van der Waals surface area contributed by atoms with Crippen molar-refractivity contribution < 1.29 is 14.3 Å². The van der Waals surface area contributed by atoms with Crippen LogP contribution in [0, 0.1) is 0 Å². The molecule has 1 amide bonds. The van der Waals surface area contributed by atoms with Crippen molar-refractivity contribution in [2.24, 2.45) is 0 Å². The minimum absolute atomic E-state index is 0.187. The molecule has 0 radical (unpaired) electrons. The molecule has 0 atom stereocenters. The second-order valence-electron chi connectivity index (χ2n) is 7.02. The van der Waals surface area contributed by atoms with Gasteiger partial charge in [0.1, 0.15) is 6.61 Å². The lowest BCUT2D eigenvalue weighted by atomic mass is 10.2. The van der Waals surface area contributed by atoms with Gasteiger partial charge in [0.15, 0.2) is 11.5 Å². The van der Waals surface area contributed by atoms with Crippen molar-refractivity contribution >= 4 is 29.0 Å². The van der Waals surface area contributed by atoms with Crippen LogP contribution in [-0.2, 0) is 4.79 Å². The molecule has 0 unspecified atom stereocenters. The van der Waals surface area contributed by atoms with Crippen LogP contribution >= 0.6 is 11.3 Å². The summed E-state index contributed by atoms with van der Waals surface area (Å²) >= 11 is 1.60. The molecule has 6 heteroatoms. The van der Waals surface area contributed by atoms with Gasteiger partial charge in [0, 0.05) is 36.5 Å². The van der Waals surface area contributed by atoms with E-state index in [4.69, 9.17) is 9.47 Å². The number of amides is 1. The van der Waals surface area contributed by atoms with Gasteiger partial charge in [-0.1, -0.05) is 0 Å². The van der Waals surface area contributed by atoms with Gasteiger partial charge in [-0.15, -0.1) is 0 Å². The molecule has 1 N–H and O–H groups in total. The zero-order valence-corrected chi connectivity index (χ0v) is 18.1. The van der Waals surface area contributed by atoms with Gasteiger partial charge in [-0.05, 0) is 68.3 Å². The molecule has 0 bridgehead atoms. The number of hydrogen-bond donors (Lipinski definition) is 1. The number of benzene rings is 1. The fraction of sp³-hybridized carbons (Fsp3) is 0.409. The van der Waals surface area contributed by atoms with E-state index in [1.165, 1.54) is 6.08 Å². The highest BCUT2D eigenvalue weighted by molar-refractivity contribution is 7.08. The van der Waals surface area contributed by atoms with Crippen LogP contribution in [0.15, 0.2) is 41.1 Å². The van der Waals surface area contributed by atoms with Crippen molar-refractivity contribution in [2.45, 2.75) is 39.8 Å². The molecule has 0 fully saturated rings. The van der Waals surface area contributed by atoms with Crippen LogP contribution in [0.2, 0.25) is 0 Å². The second kappa shape index (κ2) is 10.9. The lowest BCUT2D eigenvalue weighted by Crippen LogP contribution is -2.39. The smallest absolute Gasteiger partial charge is 0.248 e. The number of rotatable bonds is 10. The van der Waals surface area contributed by atoms with E-state index in [-0.39, 0.29) is 5.91 Å². The first-order valence-electron chi connectivity index (χ1n) is 9.48. The van der Waals surface area contributed by atoms with E-state index in [1.807, 2.05) is 16.8 Å². The summed E-state index contributed by atoms with van der Waals surface area (Å²) in [7, 11) is 1.61. The second-order valence-corrected chi connectivity index (χ2v) is 7.80. The zero-order valence-electron chi connectivity index (χ0n) is 17.3. The number of carbonyl (C=O) groups excluding carboxylic acids is 1. The first-order chi connectivity index (χ1) is 13.4. The van der Waals surface area contributed by atoms with Gasteiger partial charge in [0.2, 0.25) is 5.91 Å². The lowest BCUT2D eigenvalue weighted by Gasteiger charge is -2.30. The van der Waals surface area contributed by atoms with Gasteiger partial charge >= 0.3 is 0 Å². The maximum atomic E-state index is 12.2. The van der Waals surface area contributed by atoms with Crippen molar-refractivity contribution in [3.63, 3.8) is 0 Å². The van der Waals surface area contributed by atoms with Crippen LogP contribution in [-0.4, -0.2) is 43.2 Å². The van der Waals surface area contributed by atoms with Crippen molar-refractivity contribution in [1.29, 1.82) is 0 Å². The molecule has 0 aliphatic rings. The van der Waals surface area contributed by atoms with Crippen molar-refractivity contribution in [3.8, 4) is 11.5 Å². The molecule has 152 valence electrons. The van der Waals surface area contributed by atoms with Crippen LogP contribution in [0.3, 0.4) is 0 Å². The standard InChI is InChI=1S/C22H30N2O3S/c1-16(2)24(17(3)4)11-12-27-21-14-19(7-8-20(21)26-5)23-22(25)9-6-18-10-13-28-15-18/h6-10,13-17H,11-12H2,1-5H3,(H,23,25).